The Morgan fingerprint density at radius 1 is 0.929 bits per heavy atom. The number of fused-ring (bicyclic) bond motifs is 2. The fraction of sp³-hybridized carbons (Fsp3) is 0.182. The van der Waals surface area contributed by atoms with Crippen molar-refractivity contribution in [3.05, 3.63) is 66.2 Å². The zero-order chi connectivity index (χ0) is 19.5. The summed E-state index contributed by atoms with van der Waals surface area (Å²) < 4.78 is 16.3. The number of carbonyl (C=O) groups excluding carboxylic acids is 2. The number of amides is 1. The Balaban J connectivity index is 1.41. The van der Waals surface area contributed by atoms with Crippen LogP contribution >= 0.6 is 0 Å². The number of rotatable bonds is 4. The Morgan fingerprint density at radius 2 is 1.68 bits per heavy atom. The molecule has 6 nitrogen and oxygen atoms in total. The summed E-state index contributed by atoms with van der Waals surface area (Å²) in [5, 5.41) is 4.69. The Kier molecular flexibility index (Phi) is 4.85. The van der Waals surface area contributed by atoms with Crippen LogP contribution in [0.4, 0.5) is 5.69 Å². The fourth-order valence-electron chi connectivity index (χ4n) is 2.96. The van der Waals surface area contributed by atoms with Crippen molar-refractivity contribution in [1.29, 1.82) is 0 Å². The molecule has 6 heteroatoms. The van der Waals surface area contributed by atoms with Crippen LogP contribution in [0, 0.1) is 0 Å². The molecule has 1 aliphatic rings. The van der Waals surface area contributed by atoms with Crippen LogP contribution in [0.1, 0.15) is 17.3 Å². The molecule has 1 atom stereocenters. The van der Waals surface area contributed by atoms with Crippen molar-refractivity contribution >= 4 is 28.3 Å². The highest BCUT2D eigenvalue weighted by Crippen LogP contribution is 2.32. The molecule has 0 unspecified atom stereocenters. The van der Waals surface area contributed by atoms with Crippen molar-refractivity contribution in [3.63, 3.8) is 0 Å². The lowest BCUT2D eigenvalue weighted by Gasteiger charge is -2.19. The monoisotopic (exact) mass is 377 g/mol. The van der Waals surface area contributed by atoms with Gasteiger partial charge in [0.25, 0.3) is 5.91 Å². The maximum atomic E-state index is 12.4. The Hall–Kier alpha value is -3.54. The summed E-state index contributed by atoms with van der Waals surface area (Å²) in [6, 6.07) is 18.2. The van der Waals surface area contributed by atoms with Gasteiger partial charge in [-0.3, -0.25) is 4.79 Å². The van der Waals surface area contributed by atoms with Crippen LogP contribution < -0.4 is 14.8 Å². The Bertz CT molecular complexity index is 1050. The van der Waals surface area contributed by atoms with Gasteiger partial charge in [0.2, 0.25) is 0 Å². The van der Waals surface area contributed by atoms with E-state index in [4.69, 9.17) is 14.2 Å². The third-order valence-corrected chi connectivity index (χ3v) is 4.45. The average Bonchev–Trinajstić information content (AvgIpc) is 2.73. The highest BCUT2D eigenvalue weighted by molar-refractivity contribution is 5.99. The first-order chi connectivity index (χ1) is 13.6. The number of benzene rings is 3. The summed E-state index contributed by atoms with van der Waals surface area (Å²) in [6.45, 7) is 2.50. The van der Waals surface area contributed by atoms with Gasteiger partial charge in [-0.05, 0) is 42.0 Å². The lowest BCUT2D eigenvalue weighted by molar-refractivity contribution is -0.123. The van der Waals surface area contributed by atoms with E-state index in [-0.39, 0.29) is 0 Å². The van der Waals surface area contributed by atoms with Crippen molar-refractivity contribution in [2.24, 2.45) is 0 Å². The second kappa shape index (κ2) is 7.60. The maximum absolute atomic E-state index is 12.4. The van der Waals surface area contributed by atoms with E-state index >= 15 is 0 Å². The standard InChI is InChI=1S/C22H19NO5/c1-14(21(24)23-18-8-9-19-20(13-18)27-11-10-26-19)28-22(25)17-7-6-15-4-2-3-5-16(15)12-17/h2-9,12-14H,10-11H2,1H3,(H,23,24)/t14-/m0/s1. The Labute approximate surface area is 162 Å². The highest BCUT2D eigenvalue weighted by atomic mass is 16.6. The molecule has 1 aliphatic heterocycles. The molecule has 3 aromatic carbocycles. The quantitative estimate of drug-likeness (QED) is 0.700. The number of hydrogen-bond acceptors (Lipinski definition) is 5. The smallest absolute Gasteiger partial charge is 0.338 e. The minimum atomic E-state index is -0.952. The largest absolute Gasteiger partial charge is 0.486 e. The molecule has 0 aliphatic carbocycles. The van der Waals surface area contributed by atoms with Crippen LogP contribution in [0.2, 0.25) is 0 Å². The highest BCUT2D eigenvalue weighted by Gasteiger charge is 2.20. The van der Waals surface area contributed by atoms with Gasteiger partial charge in [0, 0.05) is 11.8 Å². The van der Waals surface area contributed by atoms with Gasteiger partial charge in [-0.25, -0.2) is 4.79 Å². The predicted molar refractivity (Wildman–Crippen MR) is 105 cm³/mol. The third kappa shape index (κ3) is 3.76. The lowest BCUT2D eigenvalue weighted by Crippen LogP contribution is -2.30. The maximum Gasteiger partial charge on any atom is 0.338 e. The molecular formula is C22H19NO5. The molecule has 0 saturated heterocycles. The molecule has 0 aromatic heterocycles. The summed E-state index contributed by atoms with van der Waals surface area (Å²) in [5.41, 5.74) is 0.945. The SMILES string of the molecule is C[C@H](OC(=O)c1ccc2ccccc2c1)C(=O)Nc1ccc2c(c1)OCCO2. The van der Waals surface area contributed by atoms with Crippen molar-refractivity contribution in [3.8, 4) is 11.5 Å². The third-order valence-electron chi connectivity index (χ3n) is 4.45. The van der Waals surface area contributed by atoms with Crippen LogP contribution in [-0.2, 0) is 9.53 Å². The zero-order valence-corrected chi connectivity index (χ0v) is 15.3. The molecule has 0 saturated carbocycles. The van der Waals surface area contributed by atoms with E-state index in [9.17, 15) is 9.59 Å². The minimum Gasteiger partial charge on any atom is -0.486 e. The summed E-state index contributed by atoms with van der Waals surface area (Å²) in [5.74, 6) is 0.242. The zero-order valence-electron chi connectivity index (χ0n) is 15.3. The molecule has 1 amide bonds. The van der Waals surface area contributed by atoms with Gasteiger partial charge in [-0.2, -0.15) is 0 Å². The Morgan fingerprint density at radius 3 is 2.50 bits per heavy atom. The van der Waals surface area contributed by atoms with Crippen LogP contribution in [-0.4, -0.2) is 31.2 Å². The summed E-state index contributed by atoms with van der Waals surface area (Å²) in [6.07, 6.45) is -0.952. The fourth-order valence-corrected chi connectivity index (χ4v) is 2.96. The van der Waals surface area contributed by atoms with E-state index in [0.29, 0.717) is 36.0 Å². The molecule has 1 heterocycles. The van der Waals surface area contributed by atoms with Crippen molar-refractivity contribution in [2.45, 2.75) is 13.0 Å². The molecule has 0 spiro atoms. The normalized spacial score (nSPS) is 13.6. The second-order valence-electron chi connectivity index (χ2n) is 6.46. The molecule has 1 N–H and O–H groups in total. The number of hydrogen-bond donors (Lipinski definition) is 1. The molecule has 3 aromatic rings. The second-order valence-corrected chi connectivity index (χ2v) is 6.46. The van der Waals surface area contributed by atoms with E-state index in [1.54, 1.807) is 30.3 Å². The van der Waals surface area contributed by atoms with Crippen LogP contribution in [0.15, 0.2) is 60.7 Å². The molecule has 0 fully saturated rings. The first-order valence-corrected chi connectivity index (χ1v) is 9.00. The van der Waals surface area contributed by atoms with Gasteiger partial charge in [-0.1, -0.05) is 30.3 Å². The number of nitrogens with one attached hydrogen (secondary N) is 1. The van der Waals surface area contributed by atoms with Crippen LogP contribution in [0.5, 0.6) is 11.5 Å². The average molecular weight is 377 g/mol. The number of carbonyl (C=O) groups is 2. The summed E-state index contributed by atoms with van der Waals surface area (Å²) in [4.78, 5) is 24.8. The van der Waals surface area contributed by atoms with Crippen LogP contribution in [0.25, 0.3) is 10.8 Å². The van der Waals surface area contributed by atoms with Gasteiger partial charge in [-0.15, -0.1) is 0 Å². The predicted octanol–water partition coefficient (Wildman–Crippen LogP) is 3.80. The van der Waals surface area contributed by atoms with E-state index in [1.165, 1.54) is 6.92 Å². The van der Waals surface area contributed by atoms with Crippen LogP contribution in [0.3, 0.4) is 0 Å². The molecular weight excluding hydrogens is 358 g/mol. The van der Waals surface area contributed by atoms with E-state index in [1.807, 2.05) is 30.3 Å². The summed E-state index contributed by atoms with van der Waals surface area (Å²) >= 11 is 0. The molecule has 4 rings (SSSR count). The van der Waals surface area contributed by atoms with Gasteiger partial charge < -0.3 is 19.5 Å². The van der Waals surface area contributed by atoms with Gasteiger partial charge >= 0.3 is 5.97 Å². The lowest BCUT2D eigenvalue weighted by atomic mass is 10.1. The topological polar surface area (TPSA) is 73.9 Å². The number of anilines is 1. The van der Waals surface area contributed by atoms with Gasteiger partial charge in [0.1, 0.15) is 13.2 Å². The molecule has 0 bridgehead atoms. The van der Waals surface area contributed by atoms with E-state index < -0.39 is 18.0 Å². The molecule has 28 heavy (non-hydrogen) atoms. The summed E-state index contributed by atoms with van der Waals surface area (Å²) in [7, 11) is 0. The van der Waals surface area contributed by atoms with Crippen molar-refractivity contribution in [2.75, 3.05) is 18.5 Å². The van der Waals surface area contributed by atoms with Gasteiger partial charge in [0.15, 0.2) is 17.6 Å². The van der Waals surface area contributed by atoms with E-state index in [0.717, 1.165) is 10.8 Å². The van der Waals surface area contributed by atoms with Crippen molar-refractivity contribution in [1.82, 2.24) is 0 Å². The van der Waals surface area contributed by atoms with Crippen molar-refractivity contribution < 1.29 is 23.8 Å². The first kappa shape index (κ1) is 17.9. The van der Waals surface area contributed by atoms with Gasteiger partial charge in [0.05, 0.1) is 5.56 Å². The molecule has 0 radical (unpaired) electrons. The first-order valence-electron chi connectivity index (χ1n) is 9.00. The number of ether oxygens (including phenoxy) is 3. The molecule has 142 valence electrons. The minimum absolute atomic E-state index is 0.401. The number of esters is 1. The van der Waals surface area contributed by atoms with E-state index in [2.05, 4.69) is 5.32 Å².